The van der Waals surface area contributed by atoms with Crippen LogP contribution in [-0.4, -0.2) is 30.1 Å². The van der Waals surface area contributed by atoms with Gasteiger partial charge in [-0.3, -0.25) is 4.79 Å². The predicted octanol–water partition coefficient (Wildman–Crippen LogP) is 2.93. The lowest BCUT2D eigenvalue weighted by Gasteiger charge is -2.14. The molecule has 0 fully saturated rings. The maximum atomic E-state index is 12.1. The highest BCUT2D eigenvalue weighted by atomic mass is 35.5. The van der Waals surface area contributed by atoms with Crippen LogP contribution in [0.15, 0.2) is 42.6 Å². The minimum Gasteiger partial charge on any atom is -0.497 e. The Balaban J connectivity index is 1.99. The number of esters is 1. The summed E-state index contributed by atoms with van der Waals surface area (Å²) in [4.78, 5) is 27.9. The third kappa shape index (κ3) is 4.43. The average molecular weight is 335 g/mol. The summed E-state index contributed by atoms with van der Waals surface area (Å²) in [6, 6.07) is 9.88. The highest BCUT2D eigenvalue weighted by Gasteiger charge is 2.21. The molecule has 1 atom stereocenters. The number of halogens is 1. The number of carbonyl (C=O) groups excluding carboxylic acids is 2. The van der Waals surface area contributed by atoms with Gasteiger partial charge in [0.15, 0.2) is 6.10 Å². The summed E-state index contributed by atoms with van der Waals surface area (Å²) < 4.78 is 10.2. The molecule has 0 aliphatic heterocycles. The number of amides is 1. The van der Waals surface area contributed by atoms with Crippen molar-refractivity contribution in [3.63, 3.8) is 0 Å². The predicted molar refractivity (Wildman–Crippen MR) is 85.7 cm³/mol. The van der Waals surface area contributed by atoms with Crippen LogP contribution in [0.2, 0.25) is 5.15 Å². The van der Waals surface area contributed by atoms with Crippen LogP contribution in [0, 0.1) is 0 Å². The summed E-state index contributed by atoms with van der Waals surface area (Å²) in [6.07, 6.45) is 0.461. The monoisotopic (exact) mass is 334 g/mol. The van der Waals surface area contributed by atoms with Crippen molar-refractivity contribution >= 4 is 29.2 Å². The molecule has 6 nitrogen and oxygen atoms in total. The van der Waals surface area contributed by atoms with Crippen molar-refractivity contribution in [2.75, 3.05) is 12.4 Å². The van der Waals surface area contributed by atoms with Gasteiger partial charge < -0.3 is 14.8 Å². The van der Waals surface area contributed by atoms with Crippen molar-refractivity contribution in [2.24, 2.45) is 0 Å². The lowest BCUT2D eigenvalue weighted by Crippen LogP contribution is -2.30. The Kier molecular flexibility index (Phi) is 5.54. The third-order valence-electron chi connectivity index (χ3n) is 2.97. The van der Waals surface area contributed by atoms with Crippen LogP contribution in [0.25, 0.3) is 0 Å². The largest absolute Gasteiger partial charge is 0.497 e. The number of methoxy groups -OCH3 is 1. The van der Waals surface area contributed by atoms with Crippen molar-refractivity contribution in [2.45, 2.75) is 13.0 Å². The molecule has 1 unspecified atom stereocenters. The van der Waals surface area contributed by atoms with E-state index in [9.17, 15) is 9.59 Å². The molecule has 1 heterocycles. The molecule has 0 radical (unpaired) electrons. The zero-order valence-electron chi connectivity index (χ0n) is 12.6. The molecule has 1 N–H and O–H groups in total. The molecule has 2 rings (SSSR count). The number of hydrogen-bond donors (Lipinski definition) is 1. The number of rotatable bonds is 5. The zero-order chi connectivity index (χ0) is 16.8. The van der Waals surface area contributed by atoms with Crippen LogP contribution < -0.4 is 10.1 Å². The first-order valence-electron chi connectivity index (χ1n) is 6.77. The quantitative estimate of drug-likeness (QED) is 0.672. The normalized spacial score (nSPS) is 11.4. The van der Waals surface area contributed by atoms with E-state index >= 15 is 0 Å². The maximum Gasteiger partial charge on any atom is 0.342 e. The molecule has 2 aromatic rings. The molecular weight excluding hydrogens is 320 g/mol. The van der Waals surface area contributed by atoms with E-state index in [4.69, 9.17) is 21.1 Å². The SMILES string of the molecule is COc1cccc(NC(=O)C(C)OC(=O)c2cccnc2Cl)c1. The number of hydrogen-bond acceptors (Lipinski definition) is 5. The molecule has 23 heavy (non-hydrogen) atoms. The summed E-state index contributed by atoms with van der Waals surface area (Å²) in [6.45, 7) is 1.47. The molecule has 1 amide bonds. The minimum atomic E-state index is -0.995. The van der Waals surface area contributed by atoms with Crippen molar-refractivity contribution in [3.8, 4) is 5.75 Å². The molecule has 0 saturated heterocycles. The average Bonchev–Trinajstić information content (AvgIpc) is 2.55. The Labute approximate surface area is 138 Å². The second-order valence-corrected chi connectivity index (χ2v) is 4.97. The van der Waals surface area contributed by atoms with E-state index in [-0.39, 0.29) is 10.7 Å². The lowest BCUT2D eigenvalue weighted by molar-refractivity contribution is -0.123. The number of nitrogens with one attached hydrogen (secondary N) is 1. The number of nitrogens with zero attached hydrogens (tertiary/aromatic N) is 1. The fraction of sp³-hybridized carbons (Fsp3) is 0.188. The first kappa shape index (κ1) is 16.8. The van der Waals surface area contributed by atoms with E-state index in [0.717, 1.165) is 0 Å². The van der Waals surface area contributed by atoms with Crippen LogP contribution >= 0.6 is 11.6 Å². The molecule has 0 bridgehead atoms. The highest BCUT2D eigenvalue weighted by Crippen LogP contribution is 2.18. The van der Waals surface area contributed by atoms with Crippen molar-refractivity contribution in [1.82, 2.24) is 4.98 Å². The summed E-state index contributed by atoms with van der Waals surface area (Å²) in [5.41, 5.74) is 0.645. The van der Waals surface area contributed by atoms with Gasteiger partial charge in [-0.15, -0.1) is 0 Å². The molecule has 0 aliphatic carbocycles. The summed E-state index contributed by atoms with van der Waals surface area (Å²) >= 11 is 5.82. The van der Waals surface area contributed by atoms with Gasteiger partial charge in [-0.1, -0.05) is 17.7 Å². The summed E-state index contributed by atoms with van der Waals surface area (Å²) in [7, 11) is 1.53. The third-order valence-corrected chi connectivity index (χ3v) is 3.27. The van der Waals surface area contributed by atoms with E-state index in [1.54, 1.807) is 30.3 Å². The molecule has 120 valence electrons. The van der Waals surface area contributed by atoms with Gasteiger partial charge in [-0.25, -0.2) is 9.78 Å². The standard InChI is InChI=1S/C16H15ClN2O4/c1-10(23-16(21)13-7-4-8-18-14(13)17)15(20)19-11-5-3-6-12(9-11)22-2/h3-10H,1-2H3,(H,19,20). The van der Waals surface area contributed by atoms with E-state index in [1.165, 1.54) is 26.3 Å². The van der Waals surface area contributed by atoms with Crippen LogP contribution in [0.1, 0.15) is 17.3 Å². The van der Waals surface area contributed by atoms with Gasteiger partial charge >= 0.3 is 5.97 Å². The smallest absolute Gasteiger partial charge is 0.342 e. The molecule has 1 aromatic heterocycles. The fourth-order valence-corrected chi connectivity index (χ4v) is 1.96. The van der Waals surface area contributed by atoms with Gasteiger partial charge in [0.1, 0.15) is 10.9 Å². The Morgan fingerprint density at radius 2 is 2.04 bits per heavy atom. The van der Waals surface area contributed by atoms with Crippen molar-refractivity contribution < 1.29 is 19.1 Å². The molecule has 0 spiro atoms. The van der Waals surface area contributed by atoms with Gasteiger partial charge in [0.2, 0.25) is 0 Å². The van der Waals surface area contributed by atoms with Gasteiger partial charge in [0, 0.05) is 18.0 Å². The molecule has 7 heteroatoms. The second kappa shape index (κ2) is 7.60. The lowest BCUT2D eigenvalue weighted by atomic mass is 10.2. The molecular formula is C16H15ClN2O4. The summed E-state index contributed by atoms with van der Waals surface area (Å²) in [5.74, 6) is -0.572. The van der Waals surface area contributed by atoms with Gasteiger partial charge in [0.05, 0.1) is 12.7 Å². The van der Waals surface area contributed by atoms with Gasteiger partial charge in [0.25, 0.3) is 5.91 Å². The van der Waals surface area contributed by atoms with Crippen LogP contribution in [-0.2, 0) is 9.53 Å². The molecule has 1 aromatic carbocycles. The Hall–Kier alpha value is -2.60. The minimum absolute atomic E-state index is 0.0258. The number of carbonyl (C=O) groups is 2. The topological polar surface area (TPSA) is 77.5 Å². The number of ether oxygens (including phenoxy) is 2. The van der Waals surface area contributed by atoms with Crippen LogP contribution in [0.4, 0.5) is 5.69 Å². The second-order valence-electron chi connectivity index (χ2n) is 4.61. The maximum absolute atomic E-state index is 12.1. The molecule has 0 saturated carbocycles. The number of pyridine rings is 1. The number of aromatic nitrogens is 1. The Bertz CT molecular complexity index is 721. The summed E-state index contributed by atoms with van der Waals surface area (Å²) in [5, 5.41) is 2.67. The first-order chi connectivity index (χ1) is 11.0. The van der Waals surface area contributed by atoms with E-state index in [1.807, 2.05) is 0 Å². The van der Waals surface area contributed by atoms with Crippen LogP contribution in [0.5, 0.6) is 5.75 Å². The van der Waals surface area contributed by atoms with E-state index < -0.39 is 18.0 Å². The van der Waals surface area contributed by atoms with Gasteiger partial charge in [-0.05, 0) is 31.2 Å². The first-order valence-corrected chi connectivity index (χ1v) is 7.15. The van der Waals surface area contributed by atoms with Crippen molar-refractivity contribution in [1.29, 1.82) is 0 Å². The fourth-order valence-electron chi connectivity index (χ4n) is 1.76. The Morgan fingerprint density at radius 3 is 2.74 bits per heavy atom. The van der Waals surface area contributed by atoms with Gasteiger partial charge in [-0.2, -0.15) is 0 Å². The number of anilines is 1. The zero-order valence-corrected chi connectivity index (χ0v) is 13.3. The van der Waals surface area contributed by atoms with Crippen LogP contribution in [0.3, 0.4) is 0 Å². The number of benzene rings is 1. The molecule has 0 aliphatic rings. The Morgan fingerprint density at radius 1 is 1.26 bits per heavy atom. The van der Waals surface area contributed by atoms with E-state index in [2.05, 4.69) is 10.3 Å². The van der Waals surface area contributed by atoms with Crippen molar-refractivity contribution in [3.05, 3.63) is 53.3 Å². The van der Waals surface area contributed by atoms with E-state index in [0.29, 0.717) is 11.4 Å². The highest BCUT2D eigenvalue weighted by molar-refractivity contribution is 6.32.